The van der Waals surface area contributed by atoms with Crippen LogP contribution in [0, 0.1) is 11.8 Å². The number of hydrogen-bond acceptors (Lipinski definition) is 9. The molecule has 152 valence electrons. The molecule has 0 saturated carbocycles. The first kappa shape index (κ1) is 19.3. The van der Waals surface area contributed by atoms with Crippen molar-refractivity contribution >= 4 is 18.0 Å². The number of benzene rings is 1. The van der Waals surface area contributed by atoms with Gasteiger partial charge in [-0.3, -0.25) is 5.01 Å². The molecule has 1 fully saturated rings. The number of nitrogens with one attached hydrogen (secondary N) is 1. The van der Waals surface area contributed by atoms with Gasteiger partial charge in [0.15, 0.2) is 6.61 Å². The molecule has 3 aromatic rings. The van der Waals surface area contributed by atoms with Crippen LogP contribution in [0.15, 0.2) is 40.8 Å². The fourth-order valence-electron chi connectivity index (χ4n) is 2.92. The van der Waals surface area contributed by atoms with Crippen LogP contribution in [0.2, 0.25) is 0 Å². The highest BCUT2D eigenvalue weighted by Gasteiger charge is 2.16. The van der Waals surface area contributed by atoms with E-state index in [9.17, 15) is 0 Å². The smallest absolute Gasteiger partial charge is 0.307 e. The number of hydrogen-bond donors (Lipinski definition) is 1. The Morgan fingerprint density at radius 1 is 1.17 bits per heavy atom. The summed E-state index contributed by atoms with van der Waals surface area (Å²) in [6.07, 6.45) is 0. The van der Waals surface area contributed by atoms with Gasteiger partial charge in [0.25, 0.3) is 5.89 Å². The molecule has 1 saturated heterocycles. The van der Waals surface area contributed by atoms with Crippen LogP contribution in [0.25, 0.3) is 0 Å². The van der Waals surface area contributed by atoms with Gasteiger partial charge in [-0.2, -0.15) is 4.98 Å². The Balaban J connectivity index is 1.39. The maximum absolute atomic E-state index is 5.77. The lowest BCUT2D eigenvalue weighted by Gasteiger charge is -2.26. The molecule has 9 nitrogen and oxygen atoms in total. The average molecular weight is 414 g/mol. The molecule has 1 aliphatic heterocycles. The van der Waals surface area contributed by atoms with E-state index in [1.807, 2.05) is 30.1 Å². The normalized spacial score (nSPS) is 14.0. The van der Waals surface area contributed by atoms with E-state index in [0.29, 0.717) is 56.3 Å². The summed E-state index contributed by atoms with van der Waals surface area (Å²) in [5.74, 6) is 2.13. The molecule has 29 heavy (non-hydrogen) atoms. The van der Waals surface area contributed by atoms with E-state index in [1.54, 1.807) is 10.9 Å². The lowest BCUT2D eigenvalue weighted by molar-refractivity contribution is 0.108. The van der Waals surface area contributed by atoms with Crippen molar-refractivity contribution in [2.24, 2.45) is 0 Å². The third-order valence-corrected chi connectivity index (χ3v) is 4.55. The lowest BCUT2D eigenvalue weighted by atomic mass is 10.2. The van der Waals surface area contributed by atoms with E-state index < -0.39 is 0 Å². The van der Waals surface area contributed by atoms with Gasteiger partial charge in [-0.05, 0) is 24.7 Å². The summed E-state index contributed by atoms with van der Waals surface area (Å²) in [4.78, 5) is 10.6. The Hall–Kier alpha value is -2.98. The minimum atomic E-state index is 0.121. The summed E-state index contributed by atoms with van der Waals surface area (Å²) < 4.78 is 16.7. The summed E-state index contributed by atoms with van der Waals surface area (Å²) in [7, 11) is 0. The highest BCUT2D eigenvalue weighted by Crippen LogP contribution is 2.16. The van der Waals surface area contributed by atoms with E-state index in [0.717, 1.165) is 5.56 Å². The number of ether oxygens (including phenoxy) is 2. The molecule has 0 amide bonds. The first-order valence-corrected chi connectivity index (χ1v) is 9.76. The summed E-state index contributed by atoms with van der Waals surface area (Å²) in [5.41, 5.74) is 1.16. The predicted molar refractivity (Wildman–Crippen MR) is 109 cm³/mol. The first-order valence-electron chi connectivity index (χ1n) is 9.36. The van der Waals surface area contributed by atoms with Crippen molar-refractivity contribution in [3.63, 3.8) is 0 Å². The standard InChI is InChI=1S/C19H22N6O3S/c1-14-21-16(20-12-15-5-3-2-4-6-15)11-17(22-14)27-13-18-23-25(19(29)28-18)24-7-9-26-10-8-24/h2-6,11H,7-10,12-13H2,1H3,(H,20,21,22). The zero-order chi connectivity index (χ0) is 20.1. The fraction of sp³-hybridized carbons (Fsp3) is 0.368. The van der Waals surface area contributed by atoms with Crippen LogP contribution in [0.4, 0.5) is 5.82 Å². The molecule has 0 aliphatic carbocycles. The second-order valence-electron chi connectivity index (χ2n) is 6.48. The van der Waals surface area contributed by atoms with Gasteiger partial charge >= 0.3 is 4.84 Å². The summed E-state index contributed by atoms with van der Waals surface area (Å²) >= 11 is 5.27. The summed E-state index contributed by atoms with van der Waals surface area (Å²) in [6.45, 7) is 5.30. The molecule has 1 aliphatic rings. The van der Waals surface area contributed by atoms with Crippen molar-refractivity contribution in [3.8, 4) is 5.88 Å². The Bertz CT molecular complexity index is 1000. The van der Waals surface area contributed by atoms with Gasteiger partial charge < -0.3 is 19.2 Å². The Labute approximate surface area is 173 Å². The molecule has 0 bridgehead atoms. The summed E-state index contributed by atoms with van der Waals surface area (Å²) in [6, 6.07) is 11.9. The van der Waals surface area contributed by atoms with Crippen molar-refractivity contribution in [1.29, 1.82) is 0 Å². The van der Waals surface area contributed by atoms with Crippen LogP contribution >= 0.6 is 12.2 Å². The molecular weight excluding hydrogens is 392 g/mol. The van der Waals surface area contributed by atoms with Gasteiger partial charge in [0.2, 0.25) is 5.88 Å². The van der Waals surface area contributed by atoms with Crippen LogP contribution in [-0.4, -0.2) is 46.2 Å². The van der Waals surface area contributed by atoms with Crippen LogP contribution in [-0.2, 0) is 17.9 Å². The first-order chi connectivity index (χ1) is 14.2. The quantitative estimate of drug-likeness (QED) is 0.586. The van der Waals surface area contributed by atoms with Crippen molar-refractivity contribution < 1.29 is 13.9 Å². The van der Waals surface area contributed by atoms with E-state index in [4.69, 9.17) is 26.1 Å². The molecule has 4 rings (SSSR count). The van der Waals surface area contributed by atoms with Crippen LogP contribution in [0.3, 0.4) is 0 Å². The molecule has 10 heteroatoms. The third-order valence-electron chi connectivity index (χ3n) is 4.30. The van der Waals surface area contributed by atoms with Gasteiger partial charge in [0.1, 0.15) is 11.6 Å². The van der Waals surface area contributed by atoms with E-state index in [1.165, 1.54) is 0 Å². The average Bonchev–Trinajstić information content (AvgIpc) is 3.12. The van der Waals surface area contributed by atoms with Crippen LogP contribution in [0.1, 0.15) is 17.3 Å². The third kappa shape index (κ3) is 5.09. The number of anilines is 1. The molecule has 0 unspecified atom stereocenters. The number of aromatic nitrogens is 4. The van der Waals surface area contributed by atoms with Crippen molar-refractivity contribution in [2.75, 3.05) is 36.6 Å². The number of rotatable bonds is 7. The van der Waals surface area contributed by atoms with Crippen molar-refractivity contribution in [3.05, 3.63) is 58.5 Å². The maximum Gasteiger partial charge on any atom is 0.307 e. The van der Waals surface area contributed by atoms with E-state index in [2.05, 4.69) is 32.5 Å². The summed E-state index contributed by atoms with van der Waals surface area (Å²) in [5, 5.41) is 9.67. The Morgan fingerprint density at radius 2 is 1.97 bits per heavy atom. The van der Waals surface area contributed by atoms with Gasteiger partial charge in [0.05, 0.1) is 26.3 Å². The minimum absolute atomic E-state index is 0.121. The highest BCUT2D eigenvalue weighted by molar-refractivity contribution is 7.71. The largest absolute Gasteiger partial charge is 0.467 e. The van der Waals surface area contributed by atoms with Gasteiger partial charge in [-0.1, -0.05) is 30.3 Å². The molecular formula is C19H22N6O3S. The fourth-order valence-corrected chi connectivity index (χ4v) is 3.17. The second-order valence-corrected chi connectivity index (χ2v) is 6.83. The molecule has 1 N–H and O–H groups in total. The minimum Gasteiger partial charge on any atom is -0.467 e. The monoisotopic (exact) mass is 414 g/mol. The Morgan fingerprint density at radius 3 is 2.76 bits per heavy atom. The van der Waals surface area contributed by atoms with Crippen LogP contribution in [0.5, 0.6) is 5.88 Å². The van der Waals surface area contributed by atoms with Crippen LogP contribution < -0.4 is 15.1 Å². The highest BCUT2D eigenvalue weighted by atomic mass is 32.1. The van der Waals surface area contributed by atoms with E-state index in [-0.39, 0.29) is 11.4 Å². The molecule has 3 heterocycles. The zero-order valence-electron chi connectivity index (χ0n) is 16.1. The maximum atomic E-state index is 5.77. The second kappa shape index (κ2) is 9.01. The molecule has 1 aromatic carbocycles. The lowest BCUT2D eigenvalue weighted by Crippen LogP contribution is -2.44. The van der Waals surface area contributed by atoms with E-state index >= 15 is 0 Å². The van der Waals surface area contributed by atoms with Gasteiger partial charge in [-0.15, -0.1) is 9.89 Å². The Kier molecular flexibility index (Phi) is 6.01. The topological polar surface area (TPSA) is 90.5 Å². The molecule has 0 radical (unpaired) electrons. The van der Waals surface area contributed by atoms with Crippen molar-refractivity contribution in [1.82, 2.24) is 19.9 Å². The number of morpholine rings is 1. The van der Waals surface area contributed by atoms with Gasteiger partial charge in [-0.25, -0.2) is 4.98 Å². The molecule has 2 aromatic heterocycles. The van der Waals surface area contributed by atoms with Crippen molar-refractivity contribution in [2.45, 2.75) is 20.1 Å². The number of nitrogens with zero attached hydrogens (tertiary/aromatic N) is 5. The predicted octanol–water partition coefficient (Wildman–Crippen LogP) is 2.46. The molecule has 0 atom stereocenters. The van der Waals surface area contributed by atoms with Gasteiger partial charge in [0, 0.05) is 12.6 Å². The number of aryl methyl sites for hydroxylation is 1. The zero-order valence-corrected chi connectivity index (χ0v) is 16.9. The molecule has 0 spiro atoms. The SMILES string of the molecule is Cc1nc(NCc2ccccc2)cc(OCc2nn(N3CCOCC3)c(=S)o2)n1.